The van der Waals surface area contributed by atoms with Crippen LogP contribution < -0.4 is 4.74 Å². The van der Waals surface area contributed by atoms with Crippen LogP contribution in [0.2, 0.25) is 5.02 Å². The molecule has 3 nitrogen and oxygen atoms in total. The van der Waals surface area contributed by atoms with Crippen LogP contribution in [-0.2, 0) is 6.61 Å². The Morgan fingerprint density at radius 2 is 2.00 bits per heavy atom. The Hall–Kier alpha value is -2.30. The number of para-hydroxylation sites is 1. The van der Waals surface area contributed by atoms with Crippen molar-refractivity contribution in [3.8, 4) is 5.75 Å². The van der Waals surface area contributed by atoms with E-state index in [1.807, 2.05) is 37.3 Å². The molecule has 0 fully saturated rings. The summed E-state index contributed by atoms with van der Waals surface area (Å²) >= 11 is 9.51. The summed E-state index contributed by atoms with van der Waals surface area (Å²) in [5.74, 6) is 1.79. The lowest BCUT2D eigenvalue weighted by molar-refractivity contribution is 0.104. The number of allylic oxidation sites excluding steroid dienone is 1. The number of ether oxygens (including phenoxy) is 1. The molecule has 0 amide bonds. The minimum absolute atomic E-state index is 0.0906. The lowest BCUT2D eigenvalue weighted by Gasteiger charge is -2.09. The summed E-state index contributed by atoms with van der Waals surface area (Å²) in [5.41, 5.74) is 1.57. The van der Waals surface area contributed by atoms with E-state index in [9.17, 15) is 4.79 Å². The van der Waals surface area contributed by atoms with Gasteiger partial charge in [-0.2, -0.15) is 0 Å². The zero-order valence-electron chi connectivity index (χ0n) is 14.0. The third-order valence-corrected chi connectivity index (χ3v) is 4.50. The average molecular weight is 432 g/mol. The Labute approximate surface area is 165 Å². The van der Waals surface area contributed by atoms with Crippen molar-refractivity contribution in [2.24, 2.45) is 0 Å². The maximum Gasteiger partial charge on any atom is 0.186 e. The highest BCUT2D eigenvalue weighted by Gasteiger charge is 2.08. The van der Waals surface area contributed by atoms with E-state index in [1.54, 1.807) is 30.3 Å². The number of hydrogen-bond donors (Lipinski definition) is 0. The van der Waals surface area contributed by atoms with Gasteiger partial charge in [0.2, 0.25) is 0 Å². The number of carbonyl (C=O) groups excluding carboxylic acids is 1. The summed E-state index contributed by atoms with van der Waals surface area (Å²) in [7, 11) is 0. The largest absolute Gasteiger partial charge is 0.484 e. The van der Waals surface area contributed by atoms with E-state index in [4.69, 9.17) is 20.8 Å². The Morgan fingerprint density at radius 3 is 2.77 bits per heavy atom. The van der Waals surface area contributed by atoms with Gasteiger partial charge in [-0.25, -0.2) is 0 Å². The highest BCUT2D eigenvalue weighted by molar-refractivity contribution is 9.10. The molecule has 5 heteroatoms. The van der Waals surface area contributed by atoms with Gasteiger partial charge < -0.3 is 9.15 Å². The zero-order valence-corrected chi connectivity index (χ0v) is 16.4. The quantitative estimate of drug-likeness (QED) is 0.331. The van der Waals surface area contributed by atoms with E-state index in [1.165, 1.54) is 6.08 Å². The lowest BCUT2D eigenvalue weighted by atomic mass is 10.1. The molecule has 0 aliphatic heterocycles. The number of aryl methyl sites for hydroxylation is 1. The minimum Gasteiger partial charge on any atom is -0.484 e. The van der Waals surface area contributed by atoms with Crippen LogP contribution in [0.15, 0.2) is 69.6 Å². The molecule has 3 rings (SSSR count). The Balaban J connectivity index is 1.64. The molecule has 3 aromatic rings. The van der Waals surface area contributed by atoms with Gasteiger partial charge in [-0.15, -0.1) is 0 Å². The molecular weight excluding hydrogens is 416 g/mol. The summed E-state index contributed by atoms with van der Waals surface area (Å²) in [4.78, 5) is 12.2. The van der Waals surface area contributed by atoms with Crippen molar-refractivity contribution in [2.75, 3.05) is 0 Å². The van der Waals surface area contributed by atoms with Crippen molar-refractivity contribution >= 4 is 39.4 Å². The fourth-order valence-electron chi connectivity index (χ4n) is 2.40. The molecule has 132 valence electrons. The summed E-state index contributed by atoms with van der Waals surface area (Å²) < 4.78 is 12.3. The van der Waals surface area contributed by atoms with E-state index in [-0.39, 0.29) is 12.4 Å². The molecule has 0 saturated carbocycles. The fraction of sp³-hybridized carbons (Fsp3) is 0.0952. The zero-order chi connectivity index (χ0) is 18.5. The molecular formula is C21H16BrClO3. The van der Waals surface area contributed by atoms with Crippen LogP contribution in [0.1, 0.15) is 27.4 Å². The van der Waals surface area contributed by atoms with Crippen molar-refractivity contribution in [3.05, 3.63) is 92.8 Å². The van der Waals surface area contributed by atoms with Crippen molar-refractivity contribution in [2.45, 2.75) is 13.5 Å². The first-order valence-electron chi connectivity index (χ1n) is 7.97. The van der Waals surface area contributed by atoms with Crippen molar-refractivity contribution in [3.63, 3.8) is 0 Å². The molecule has 0 unspecified atom stereocenters. The monoisotopic (exact) mass is 430 g/mol. The number of furan rings is 1. The van der Waals surface area contributed by atoms with Crippen molar-refractivity contribution in [1.29, 1.82) is 0 Å². The number of rotatable bonds is 6. The van der Waals surface area contributed by atoms with E-state index < -0.39 is 0 Å². The van der Waals surface area contributed by atoms with Gasteiger partial charge in [0.1, 0.15) is 23.9 Å². The molecule has 0 bridgehead atoms. The summed E-state index contributed by atoms with van der Waals surface area (Å²) in [6, 6.07) is 16.5. The van der Waals surface area contributed by atoms with Crippen molar-refractivity contribution in [1.82, 2.24) is 0 Å². The highest BCUT2D eigenvalue weighted by atomic mass is 79.9. The van der Waals surface area contributed by atoms with Gasteiger partial charge in [-0.1, -0.05) is 51.8 Å². The normalized spacial score (nSPS) is 11.0. The Morgan fingerprint density at radius 1 is 1.19 bits per heavy atom. The first kappa shape index (κ1) is 18.5. The molecule has 2 aromatic carbocycles. The van der Waals surface area contributed by atoms with Crippen LogP contribution in [0, 0.1) is 6.92 Å². The third kappa shape index (κ3) is 4.65. The molecule has 0 atom stereocenters. The van der Waals surface area contributed by atoms with E-state index in [0.29, 0.717) is 27.9 Å². The molecule has 0 N–H and O–H groups in total. The average Bonchev–Trinajstić information content (AvgIpc) is 3.07. The van der Waals surface area contributed by atoms with Crippen LogP contribution >= 0.6 is 27.5 Å². The van der Waals surface area contributed by atoms with Crippen LogP contribution in [0.5, 0.6) is 5.75 Å². The first-order valence-corrected chi connectivity index (χ1v) is 9.14. The maximum absolute atomic E-state index is 12.2. The molecule has 0 spiro atoms. The van der Waals surface area contributed by atoms with Gasteiger partial charge in [0.15, 0.2) is 5.78 Å². The van der Waals surface area contributed by atoms with Crippen molar-refractivity contribution < 1.29 is 13.9 Å². The maximum atomic E-state index is 12.2. The second-order valence-corrected chi connectivity index (χ2v) is 7.01. The van der Waals surface area contributed by atoms with Crippen LogP contribution in [0.25, 0.3) is 6.08 Å². The second kappa shape index (κ2) is 8.39. The standard InChI is InChI=1S/C21H16BrClO3/c1-14-4-2-7-19(23)21(14)25-13-18-9-8-17(26-18)10-11-20(24)15-5-3-6-16(22)12-15/h2-12H,13H2,1H3/b11-10+. The SMILES string of the molecule is Cc1cccc(Cl)c1OCc1ccc(/C=C/C(=O)c2cccc(Br)c2)o1. The molecule has 0 saturated heterocycles. The predicted molar refractivity (Wildman–Crippen MR) is 107 cm³/mol. The van der Waals surface area contributed by atoms with E-state index in [2.05, 4.69) is 15.9 Å². The summed E-state index contributed by atoms with van der Waals surface area (Å²) in [6.07, 6.45) is 3.14. The number of hydrogen-bond acceptors (Lipinski definition) is 3. The first-order chi connectivity index (χ1) is 12.5. The predicted octanol–water partition coefficient (Wildman–Crippen LogP) is 6.48. The summed E-state index contributed by atoms with van der Waals surface area (Å²) in [6.45, 7) is 2.20. The van der Waals surface area contributed by atoms with Gasteiger partial charge in [0.05, 0.1) is 5.02 Å². The summed E-state index contributed by atoms with van der Waals surface area (Å²) in [5, 5.41) is 0.566. The molecule has 0 aliphatic carbocycles. The Kier molecular flexibility index (Phi) is 5.96. The molecule has 0 radical (unpaired) electrons. The van der Waals surface area contributed by atoms with E-state index >= 15 is 0 Å². The van der Waals surface area contributed by atoms with E-state index in [0.717, 1.165) is 10.0 Å². The van der Waals surface area contributed by atoms with Gasteiger partial charge in [0.25, 0.3) is 0 Å². The number of ketones is 1. The lowest BCUT2D eigenvalue weighted by Crippen LogP contribution is -1.96. The molecule has 0 aliphatic rings. The third-order valence-electron chi connectivity index (χ3n) is 3.71. The fourth-order valence-corrected chi connectivity index (χ4v) is 3.08. The van der Waals surface area contributed by atoms with Crippen LogP contribution in [0.3, 0.4) is 0 Å². The van der Waals surface area contributed by atoms with Gasteiger partial charge in [-0.3, -0.25) is 4.79 Å². The number of halogens is 2. The highest BCUT2D eigenvalue weighted by Crippen LogP contribution is 2.28. The smallest absolute Gasteiger partial charge is 0.186 e. The van der Waals surface area contributed by atoms with Gasteiger partial charge in [0, 0.05) is 10.0 Å². The van der Waals surface area contributed by atoms with Gasteiger partial charge in [-0.05, 0) is 55.0 Å². The molecule has 26 heavy (non-hydrogen) atoms. The number of carbonyl (C=O) groups is 1. The van der Waals surface area contributed by atoms with Gasteiger partial charge >= 0.3 is 0 Å². The van der Waals surface area contributed by atoms with Crippen LogP contribution in [-0.4, -0.2) is 5.78 Å². The number of benzene rings is 2. The topological polar surface area (TPSA) is 39.4 Å². The minimum atomic E-state index is -0.0906. The Bertz CT molecular complexity index is 939. The molecule has 1 heterocycles. The molecule has 1 aromatic heterocycles. The van der Waals surface area contributed by atoms with Crippen LogP contribution in [0.4, 0.5) is 0 Å². The second-order valence-electron chi connectivity index (χ2n) is 5.69.